The number of carbonyl (C=O) groups excluding carboxylic acids is 1. The van der Waals surface area contributed by atoms with E-state index in [2.05, 4.69) is 37.0 Å². The third-order valence-corrected chi connectivity index (χ3v) is 6.53. The number of likely N-dealkylation sites (tertiary alicyclic amines) is 1. The molecule has 24 heavy (non-hydrogen) atoms. The summed E-state index contributed by atoms with van der Waals surface area (Å²) < 4.78 is 0. The van der Waals surface area contributed by atoms with E-state index >= 15 is 0 Å². The summed E-state index contributed by atoms with van der Waals surface area (Å²) >= 11 is 1.60. The number of aryl methyl sites for hydroxylation is 3. The largest absolute Gasteiger partial charge is 0.332 e. The summed E-state index contributed by atoms with van der Waals surface area (Å²) in [6.07, 6.45) is 1.23. The van der Waals surface area contributed by atoms with E-state index in [-0.39, 0.29) is 11.9 Å². The van der Waals surface area contributed by atoms with E-state index in [4.69, 9.17) is 5.73 Å². The summed E-state index contributed by atoms with van der Waals surface area (Å²) in [5.74, 6) is 1.33. The lowest BCUT2D eigenvalue weighted by atomic mass is 10.0. The van der Waals surface area contributed by atoms with Crippen LogP contribution in [0.25, 0.3) is 10.4 Å². The van der Waals surface area contributed by atoms with E-state index in [1.807, 2.05) is 11.8 Å². The maximum absolute atomic E-state index is 13.2. The van der Waals surface area contributed by atoms with Gasteiger partial charge >= 0.3 is 0 Å². The average Bonchev–Trinajstić information content (AvgIpc) is 3.06. The predicted molar refractivity (Wildman–Crippen MR) is 97.2 cm³/mol. The molecule has 1 amide bonds. The van der Waals surface area contributed by atoms with Crippen LogP contribution in [0.2, 0.25) is 0 Å². The van der Waals surface area contributed by atoms with Gasteiger partial charge < -0.3 is 10.6 Å². The van der Waals surface area contributed by atoms with Crippen LogP contribution in [0.1, 0.15) is 33.0 Å². The Hall–Kier alpha value is -1.72. The van der Waals surface area contributed by atoms with Gasteiger partial charge in [-0.15, -0.1) is 11.3 Å². The highest BCUT2D eigenvalue weighted by Gasteiger charge is 2.53. The molecule has 4 rings (SSSR count). The Kier molecular flexibility index (Phi) is 3.73. The monoisotopic (exact) mass is 341 g/mol. The Labute approximate surface area is 146 Å². The molecule has 3 atom stereocenters. The quantitative estimate of drug-likeness (QED) is 0.933. The molecule has 4 nitrogen and oxygen atoms in total. The Morgan fingerprint density at radius 1 is 1.33 bits per heavy atom. The first-order valence-corrected chi connectivity index (χ1v) is 9.37. The van der Waals surface area contributed by atoms with E-state index < -0.39 is 0 Å². The van der Waals surface area contributed by atoms with E-state index in [1.54, 1.807) is 11.3 Å². The molecule has 1 aromatic carbocycles. The highest BCUT2D eigenvalue weighted by Crippen LogP contribution is 2.49. The molecule has 0 unspecified atom stereocenters. The van der Waals surface area contributed by atoms with Gasteiger partial charge in [-0.05, 0) is 55.7 Å². The molecule has 2 N–H and O–H groups in total. The molecule has 0 bridgehead atoms. The molecular weight excluding hydrogens is 318 g/mol. The first kappa shape index (κ1) is 15.8. The summed E-state index contributed by atoms with van der Waals surface area (Å²) in [6.45, 7) is 7.56. The van der Waals surface area contributed by atoms with Crippen LogP contribution in [-0.4, -0.2) is 34.9 Å². The Balaban J connectivity index is 1.71. The zero-order valence-electron chi connectivity index (χ0n) is 14.4. The van der Waals surface area contributed by atoms with Crippen LogP contribution in [0.3, 0.4) is 0 Å². The SMILES string of the molecule is Cc1nc(C(=O)N2C[C@@H]3C[C@@H]3[C@H]2CN)c(-c2ccc(C)c(C)c2)s1. The number of nitrogens with two attached hydrogens (primary N) is 1. The van der Waals surface area contributed by atoms with Crippen molar-refractivity contribution in [2.45, 2.75) is 33.2 Å². The summed E-state index contributed by atoms with van der Waals surface area (Å²) in [4.78, 5) is 20.7. The lowest BCUT2D eigenvalue weighted by Gasteiger charge is -2.26. The minimum absolute atomic E-state index is 0.0511. The van der Waals surface area contributed by atoms with Crippen LogP contribution >= 0.6 is 11.3 Å². The number of aromatic nitrogens is 1. The first-order valence-electron chi connectivity index (χ1n) is 8.55. The van der Waals surface area contributed by atoms with Gasteiger partial charge in [0.05, 0.1) is 9.88 Å². The number of carbonyl (C=O) groups is 1. The van der Waals surface area contributed by atoms with E-state index in [1.165, 1.54) is 17.5 Å². The molecule has 1 aliphatic heterocycles. The molecular formula is C19H23N3OS. The number of thiazole rings is 1. The fourth-order valence-electron chi connectivity index (χ4n) is 3.89. The number of benzene rings is 1. The van der Waals surface area contributed by atoms with Crippen molar-refractivity contribution in [2.75, 3.05) is 13.1 Å². The molecule has 1 saturated heterocycles. The van der Waals surface area contributed by atoms with Gasteiger partial charge in [-0.2, -0.15) is 0 Å². The third-order valence-electron chi connectivity index (χ3n) is 5.51. The summed E-state index contributed by atoms with van der Waals surface area (Å²) in [5.41, 5.74) is 10.1. The predicted octanol–water partition coefficient (Wildman–Crippen LogP) is 3.15. The van der Waals surface area contributed by atoms with Crippen LogP contribution in [0.4, 0.5) is 0 Å². The van der Waals surface area contributed by atoms with Crippen molar-refractivity contribution in [3.8, 4) is 10.4 Å². The minimum atomic E-state index is 0.0511. The number of hydrogen-bond acceptors (Lipinski definition) is 4. The standard InChI is InChI=1S/C19H23N3OS/c1-10-4-5-13(6-11(10)2)18-17(21-12(3)24-18)19(23)22-9-14-7-15(14)16(22)8-20/h4-6,14-16H,7-9,20H2,1-3H3/t14-,15-,16+/m0/s1. The van der Waals surface area contributed by atoms with Crippen molar-refractivity contribution in [2.24, 2.45) is 17.6 Å². The van der Waals surface area contributed by atoms with Gasteiger partial charge in [-0.3, -0.25) is 4.79 Å². The van der Waals surface area contributed by atoms with Crippen molar-refractivity contribution in [3.05, 3.63) is 40.0 Å². The molecule has 1 saturated carbocycles. The van der Waals surface area contributed by atoms with Crippen LogP contribution in [0.5, 0.6) is 0 Å². The normalized spacial score (nSPS) is 25.0. The second-order valence-electron chi connectivity index (χ2n) is 7.13. The van der Waals surface area contributed by atoms with Gasteiger partial charge in [-0.1, -0.05) is 18.2 Å². The van der Waals surface area contributed by atoms with Crippen LogP contribution in [0.15, 0.2) is 18.2 Å². The topological polar surface area (TPSA) is 59.2 Å². The van der Waals surface area contributed by atoms with Gasteiger partial charge in [0.2, 0.25) is 0 Å². The number of piperidine rings is 1. The summed E-state index contributed by atoms with van der Waals surface area (Å²) in [6, 6.07) is 6.55. The molecule has 2 fully saturated rings. The smallest absolute Gasteiger partial charge is 0.274 e. The van der Waals surface area contributed by atoms with E-state index in [0.717, 1.165) is 22.0 Å². The van der Waals surface area contributed by atoms with Crippen LogP contribution in [-0.2, 0) is 0 Å². The fraction of sp³-hybridized carbons (Fsp3) is 0.474. The van der Waals surface area contributed by atoms with Gasteiger partial charge in [0.25, 0.3) is 5.91 Å². The number of nitrogens with zero attached hydrogens (tertiary/aromatic N) is 2. The van der Waals surface area contributed by atoms with Crippen molar-refractivity contribution in [1.29, 1.82) is 0 Å². The molecule has 0 spiro atoms. The van der Waals surface area contributed by atoms with Crippen molar-refractivity contribution in [3.63, 3.8) is 0 Å². The molecule has 0 radical (unpaired) electrons. The van der Waals surface area contributed by atoms with Gasteiger partial charge in [0.1, 0.15) is 5.69 Å². The summed E-state index contributed by atoms with van der Waals surface area (Å²) in [5, 5.41) is 0.931. The zero-order chi connectivity index (χ0) is 17.0. The fourth-order valence-corrected chi connectivity index (χ4v) is 4.80. The highest BCUT2D eigenvalue weighted by molar-refractivity contribution is 7.15. The number of hydrogen-bond donors (Lipinski definition) is 1. The van der Waals surface area contributed by atoms with Crippen LogP contribution < -0.4 is 5.73 Å². The van der Waals surface area contributed by atoms with Gasteiger partial charge in [0, 0.05) is 19.1 Å². The Bertz CT molecular complexity index is 813. The molecule has 2 aromatic rings. The number of amides is 1. The number of rotatable bonds is 3. The first-order chi connectivity index (χ1) is 11.5. The van der Waals surface area contributed by atoms with E-state index in [0.29, 0.717) is 24.1 Å². The third kappa shape index (κ3) is 2.47. The lowest BCUT2D eigenvalue weighted by Crippen LogP contribution is -2.43. The van der Waals surface area contributed by atoms with Crippen LogP contribution in [0, 0.1) is 32.6 Å². The maximum Gasteiger partial charge on any atom is 0.274 e. The minimum Gasteiger partial charge on any atom is -0.332 e. The Morgan fingerprint density at radius 2 is 2.12 bits per heavy atom. The molecule has 2 heterocycles. The zero-order valence-corrected chi connectivity index (χ0v) is 15.2. The maximum atomic E-state index is 13.2. The highest BCUT2D eigenvalue weighted by atomic mass is 32.1. The lowest BCUT2D eigenvalue weighted by molar-refractivity contribution is 0.0708. The van der Waals surface area contributed by atoms with Gasteiger partial charge in [0.15, 0.2) is 0 Å². The molecule has 126 valence electrons. The number of fused-ring (bicyclic) bond motifs is 1. The van der Waals surface area contributed by atoms with E-state index in [9.17, 15) is 4.79 Å². The summed E-state index contributed by atoms with van der Waals surface area (Å²) in [7, 11) is 0. The van der Waals surface area contributed by atoms with Crippen molar-refractivity contribution < 1.29 is 4.79 Å². The average molecular weight is 341 g/mol. The molecule has 5 heteroatoms. The molecule has 1 aromatic heterocycles. The Morgan fingerprint density at radius 3 is 2.83 bits per heavy atom. The van der Waals surface area contributed by atoms with Gasteiger partial charge in [-0.25, -0.2) is 4.98 Å². The van der Waals surface area contributed by atoms with Crippen molar-refractivity contribution in [1.82, 2.24) is 9.88 Å². The molecule has 1 aliphatic carbocycles. The second-order valence-corrected chi connectivity index (χ2v) is 8.33. The van der Waals surface area contributed by atoms with Crippen molar-refractivity contribution >= 4 is 17.2 Å². The molecule has 2 aliphatic rings. The second kappa shape index (κ2) is 5.67.